The third-order valence-electron chi connectivity index (χ3n) is 4.01. The maximum absolute atomic E-state index is 11.7. The molecule has 8 nitrogen and oxygen atoms in total. The molecule has 2 rings (SSSR count). The average Bonchev–Trinajstić information content (AvgIpc) is 2.61. The molecule has 1 fully saturated rings. The van der Waals surface area contributed by atoms with E-state index in [0.29, 0.717) is 38.1 Å². The normalized spacial score (nSPS) is 15.6. The fraction of sp³-hybridized carbons (Fsp3) is 0.632. The van der Waals surface area contributed by atoms with Crippen molar-refractivity contribution in [3.8, 4) is 5.88 Å². The Labute approximate surface area is 184 Å². The average molecular weight is 505 g/mol. The minimum atomic E-state index is -0.274. The first-order valence-electron chi connectivity index (χ1n) is 9.39. The number of nitrogens with one attached hydrogen (secondary N) is 1. The molecule has 0 unspecified atom stereocenters. The number of hydrogen-bond donors (Lipinski definition) is 2. The number of amides is 1. The van der Waals surface area contributed by atoms with Gasteiger partial charge in [0.15, 0.2) is 5.96 Å². The Balaban J connectivity index is 0.00000392. The van der Waals surface area contributed by atoms with E-state index in [1.165, 1.54) is 0 Å². The van der Waals surface area contributed by atoms with E-state index in [0.717, 1.165) is 18.4 Å². The third-order valence-corrected chi connectivity index (χ3v) is 4.01. The zero-order valence-electron chi connectivity index (χ0n) is 17.1. The molecule has 0 radical (unpaired) electrons. The van der Waals surface area contributed by atoms with E-state index in [1.807, 2.05) is 39.8 Å². The zero-order valence-corrected chi connectivity index (χ0v) is 19.4. The van der Waals surface area contributed by atoms with E-state index in [4.69, 9.17) is 15.2 Å². The molecule has 1 aliphatic rings. The summed E-state index contributed by atoms with van der Waals surface area (Å²) in [5.41, 5.74) is 6.68. The molecule has 0 saturated carbocycles. The molecule has 158 valence electrons. The van der Waals surface area contributed by atoms with Gasteiger partial charge in [0.1, 0.15) is 5.60 Å². The smallest absolute Gasteiger partial charge is 0.409 e. The number of ether oxygens (including phenoxy) is 2. The molecule has 1 aromatic rings. The molecular weight excluding hydrogens is 473 g/mol. The molecule has 0 bridgehead atoms. The van der Waals surface area contributed by atoms with Crippen LogP contribution in [0, 0.1) is 0 Å². The number of rotatable bonds is 5. The minimum Gasteiger partial charge on any atom is -0.472 e. The lowest BCUT2D eigenvalue weighted by molar-refractivity contribution is 0.0963. The minimum absolute atomic E-state index is 0. The van der Waals surface area contributed by atoms with Crippen LogP contribution < -0.4 is 15.8 Å². The first-order chi connectivity index (χ1) is 12.8. The van der Waals surface area contributed by atoms with E-state index in [-0.39, 0.29) is 41.7 Å². The Bertz CT molecular complexity index is 638. The van der Waals surface area contributed by atoms with Crippen LogP contribution in [0.4, 0.5) is 4.79 Å². The molecule has 0 spiro atoms. The molecule has 1 saturated heterocycles. The fourth-order valence-electron chi connectivity index (χ4n) is 2.73. The number of aliphatic imine (C=N–C) groups is 1. The largest absolute Gasteiger partial charge is 0.472 e. The van der Waals surface area contributed by atoms with Crippen LogP contribution in [0.15, 0.2) is 23.3 Å². The number of carbonyl (C=O) groups is 1. The summed E-state index contributed by atoms with van der Waals surface area (Å²) in [5, 5.41) is 3.23. The number of halogens is 1. The summed E-state index contributed by atoms with van der Waals surface area (Å²) >= 11 is 0. The number of nitrogens with zero attached hydrogens (tertiary/aromatic N) is 3. The molecule has 3 N–H and O–H groups in total. The van der Waals surface area contributed by atoms with Gasteiger partial charge in [-0.3, -0.25) is 0 Å². The van der Waals surface area contributed by atoms with Crippen LogP contribution in [0.1, 0.15) is 46.1 Å². The van der Waals surface area contributed by atoms with Crippen LogP contribution in [0.2, 0.25) is 0 Å². The lowest BCUT2D eigenvalue weighted by atomic mass is 10.1. The van der Waals surface area contributed by atoms with Crippen molar-refractivity contribution in [2.75, 3.05) is 19.7 Å². The lowest BCUT2D eigenvalue weighted by Gasteiger charge is -2.31. The number of guanidine groups is 1. The van der Waals surface area contributed by atoms with Crippen molar-refractivity contribution in [3.63, 3.8) is 0 Å². The predicted octanol–water partition coefficient (Wildman–Crippen LogP) is 2.90. The summed E-state index contributed by atoms with van der Waals surface area (Å²) in [6, 6.07) is 3.98. The van der Waals surface area contributed by atoms with Crippen molar-refractivity contribution < 1.29 is 14.3 Å². The highest BCUT2D eigenvalue weighted by molar-refractivity contribution is 14.0. The van der Waals surface area contributed by atoms with E-state index in [9.17, 15) is 4.79 Å². The maximum atomic E-state index is 11.7. The third kappa shape index (κ3) is 8.49. The molecule has 2 heterocycles. The number of pyridine rings is 1. The molecular formula is C19H32IN5O3. The van der Waals surface area contributed by atoms with Crippen molar-refractivity contribution in [2.45, 2.75) is 58.7 Å². The van der Waals surface area contributed by atoms with Crippen LogP contribution in [-0.2, 0) is 11.3 Å². The molecule has 28 heavy (non-hydrogen) atoms. The predicted molar refractivity (Wildman–Crippen MR) is 120 cm³/mol. The Morgan fingerprint density at radius 2 is 2.04 bits per heavy atom. The summed E-state index contributed by atoms with van der Waals surface area (Å²) in [6.07, 6.45) is 3.13. The molecule has 0 atom stereocenters. The zero-order chi connectivity index (χ0) is 19.9. The number of likely N-dealkylation sites (tertiary alicyclic amines) is 1. The van der Waals surface area contributed by atoms with Gasteiger partial charge in [0.2, 0.25) is 5.88 Å². The van der Waals surface area contributed by atoms with E-state index in [1.54, 1.807) is 11.1 Å². The number of hydrogen-bond acceptors (Lipinski definition) is 5. The van der Waals surface area contributed by atoms with Gasteiger partial charge < -0.3 is 25.4 Å². The van der Waals surface area contributed by atoms with Crippen molar-refractivity contribution in [2.24, 2.45) is 10.7 Å². The maximum Gasteiger partial charge on any atom is 0.409 e. The van der Waals surface area contributed by atoms with Gasteiger partial charge in [0.05, 0.1) is 13.2 Å². The summed E-state index contributed by atoms with van der Waals surface area (Å²) in [5.74, 6) is 0.995. The molecule has 1 amide bonds. The molecule has 9 heteroatoms. The van der Waals surface area contributed by atoms with E-state index in [2.05, 4.69) is 15.3 Å². The monoisotopic (exact) mass is 505 g/mol. The van der Waals surface area contributed by atoms with Gasteiger partial charge >= 0.3 is 6.09 Å². The standard InChI is InChI=1S/C19H31N5O3.HI/c1-5-26-18(25)24-10-8-15(9-11-24)23-17(20)22-13-14-6-7-16(21-12-14)27-19(2,3)4;/h6-7,12,15H,5,8-11,13H2,1-4H3,(H3,20,22,23);1H. The van der Waals surface area contributed by atoms with Crippen LogP contribution in [0.5, 0.6) is 5.88 Å². The molecule has 0 aliphatic carbocycles. The molecule has 0 aromatic carbocycles. The second-order valence-corrected chi connectivity index (χ2v) is 7.53. The number of piperidine rings is 1. The highest BCUT2D eigenvalue weighted by Gasteiger charge is 2.23. The summed E-state index contributed by atoms with van der Waals surface area (Å²) in [6.45, 7) is 9.91. The summed E-state index contributed by atoms with van der Waals surface area (Å²) in [4.78, 5) is 22.1. The number of carbonyl (C=O) groups excluding carboxylic acids is 1. The van der Waals surface area contributed by atoms with Crippen molar-refractivity contribution >= 4 is 36.0 Å². The Morgan fingerprint density at radius 1 is 1.36 bits per heavy atom. The highest BCUT2D eigenvalue weighted by Crippen LogP contribution is 2.15. The Kier molecular flexibility index (Phi) is 9.77. The Morgan fingerprint density at radius 3 is 2.57 bits per heavy atom. The van der Waals surface area contributed by atoms with Crippen LogP contribution in [-0.4, -0.2) is 53.3 Å². The van der Waals surface area contributed by atoms with Gasteiger partial charge in [0, 0.05) is 31.4 Å². The molecule has 1 aliphatic heterocycles. The fourth-order valence-corrected chi connectivity index (χ4v) is 2.73. The SMILES string of the molecule is CCOC(=O)N1CCC(NC(N)=NCc2ccc(OC(C)(C)C)nc2)CC1.I. The second-order valence-electron chi connectivity index (χ2n) is 7.53. The first kappa shape index (κ1) is 24.3. The van der Waals surface area contributed by atoms with Crippen molar-refractivity contribution in [1.82, 2.24) is 15.2 Å². The lowest BCUT2D eigenvalue weighted by Crippen LogP contribution is -2.48. The van der Waals surface area contributed by atoms with Gasteiger partial charge in [-0.25, -0.2) is 14.8 Å². The summed E-state index contributed by atoms with van der Waals surface area (Å²) < 4.78 is 10.7. The van der Waals surface area contributed by atoms with Crippen LogP contribution in [0.3, 0.4) is 0 Å². The number of nitrogens with two attached hydrogens (primary N) is 1. The van der Waals surface area contributed by atoms with Crippen molar-refractivity contribution in [1.29, 1.82) is 0 Å². The quantitative estimate of drug-likeness (QED) is 0.363. The second kappa shape index (κ2) is 11.3. The highest BCUT2D eigenvalue weighted by atomic mass is 127. The van der Waals surface area contributed by atoms with Crippen LogP contribution >= 0.6 is 24.0 Å². The number of aromatic nitrogens is 1. The van der Waals surface area contributed by atoms with Gasteiger partial charge in [-0.2, -0.15) is 0 Å². The topological polar surface area (TPSA) is 102 Å². The van der Waals surface area contributed by atoms with Gasteiger partial charge in [-0.05, 0) is 46.1 Å². The first-order valence-corrected chi connectivity index (χ1v) is 9.39. The van der Waals surface area contributed by atoms with Gasteiger partial charge in [-0.15, -0.1) is 24.0 Å². The van der Waals surface area contributed by atoms with E-state index >= 15 is 0 Å². The molecule has 1 aromatic heterocycles. The van der Waals surface area contributed by atoms with Gasteiger partial charge in [0.25, 0.3) is 0 Å². The van der Waals surface area contributed by atoms with E-state index < -0.39 is 0 Å². The summed E-state index contributed by atoms with van der Waals surface area (Å²) in [7, 11) is 0. The van der Waals surface area contributed by atoms with Crippen LogP contribution in [0.25, 0.3) is 0 Å². The Hall–Kier alpha value is -1.78. The van der Waals surface area contributed by atoms with Crippen molar-refractivity contribution in [3.05, 3.63) is 23.9 Å². The van der Waals surface area contributed by atoms with Gasteiger partial charge in [-0.1, -0.05) is 6.07 Å².